The zero-order valence-corrected chi connectivity index (χ0v) is 28.0. The smallest absolute Gasteiger partial charge is 0.238 e. The second-order valence-corrected chi connectivity index (χ2v) is 15.8. The highest BCUT2D eigenvalue weighted by Gasteiger charge is 2.43. The zero-order chi connectivity index (χ0) is 36.8. The van der Waals surface area contributed by atoms with Crippen LogP contribution in [0.5, 0.6) is 0 Å². The summed E-state index contributed by atoms with van der Waals surface area (Å²) in [6.07, 6.45) is 0. The number of fused-ring (bicyclic) bond motifs is 3. The highest BCUT2D eigenvalue weighted by Crippen LogP contribution is 2.32. The molecule has 0 bridgehead atoms. The van der Waals surface area contributed by atoms with Crippen molar-refractivity contribution in [3.63, 3.8) is 0 Å². The largest absolute Gasteiger partial charge is 0.278 e. The molecule has 0 aliphatic carbocycles. The SMILES string of the molecule is [2H]c1c([2H])c([2H])c([Si](c2ccccc2)(c2ccccc2)c2ccccc2)c(-c2nc(-c3ccccc3)nc(-n3c4ccccc4c4ccccc43)n2)c1[2H]. The van der Waals surface area contributed by atoms with Crippen LogP contribution in [0.25, 0.3) is 50.5 Å². The maximum absolute atomic E-state index is 9.82. The summed E-state index contributed by atoms with van der Waals surface area (Å²) < 4.78 is 39.7. The molecular formula is C45H32N4Si. The standard InChI is InChI=1S/C45H32N4Si/c1-5-19-33(20-6-1)43-46-44(48-45(47-43)49-40-30-16-13-27-37(40)38-28-14-17-31-41(38)49)39-29-15-18-32-42(39)50(34-21-7-2-8-22-34,35-23-9-3-10-24-35)36-25-11-4-12-26-36/h1-32H/i15D,18D,29D,32D. The van der Waals surface area contributed by atoms with Crippen molar-refractivity contribution in [1.29, 1.82) is 0 Å². The minimum Gasteiger partial charge on any atom is -0.278 e. The van der Waals surface area contributed by atoms with Gasteiger partial charge in [-0.1, -0.05) is 182 Å². The van der Waals surface area contributed by atoms with Gasteiger partial charge in [-0.15, -0.1) is 0 Å². The Morgan fingerprint density at radius 3 is 1.42 bits per heavy atom. The first-order chi connectivity index (χ1) is 26.5. The summed E-state index contributed by atoms with van der Waals surface area (Å²) in [5.41, 5.74) is 2.83. The average molecular weight is 661 g/mol. The van der Waals surface area contributed by atoms with Crippen LogP contribution >= 0.6 is 0 Å². The van der Waals surface area contributed by atoms with Crippen LogP contribution in [0.3, 0.4) is 0 Å². The molecule has 0 N–H and O–H groups in total. The number of hydrogen-bond donors (Lipinski definition) is 0. The van der Waals surface area contributed by atoms with Crippen LogP contribution in [0.2, 0.25) is 0 Å². The van der Waals surface area contributed by atoms with Gasteiger partial charge in [-0.05, 0) is 32.9 Å². The van der Waals surface area contributed by atoms with Gasteiger partial charge in [0, 0.05) is 21.9 Å². The van der Waals surface area contributed by atoms with Crippen molar-refractivity contribution in [2.75, 3.05) is 0 Å². The fourth-order valence-corrected chi connectivity index (χ4v) is 11.9. The molecule has 0 atom stereocenters. The normalized spacial score (nSPS) is 12.7. The number of hydrogen-bond acceptors (Lipinski definition) is 3. The summed E-state index contributed by atoms with van der Waals surface area (Å²) in [6, 6.07) is 55.2. The molecule has 0 amide bonds. The van der Waals surface area contributed by atoms with Gasteiger partial charge in [0.2, 0.25) is 5.95 Å². The van der Waals surface area contributed by atoms with Crippen molar-refractivity contribution in [2.24, 2.45) is 0 Å². The molecule has 0 saturated carbocycles. The highest BCUT2D eigenvalue weighted by atomic mass is 28.3. The van der Waals surface area contributed by atoms with Crippen LogP contribution in [0.1, 0.15) is 5.48 Å². The molecule has 9 rings (SSSR count). The molecule has 0 aliphatic rings. The first-order valence-corrected chi connectivity index (χ1v) is 18.6. The fourth-order valence-electron chi connectivity index (χ4n) is 7.19. The van der Waals surface area contributed by atoms with Gasteiger partial charge in [-0.2, -0.15) is 9.97 Å². The van der Waals surface area contributed by atoms with E-state index in [9.17, 15) is 2.74 Å². The lowest BCUT2D eigenvalue weighted by Gasteiger charge is -2.35. The molecule has 7 aromatic carbocycles. The molecule has 0 aliphatic heterocycles. The third-order valence-corrected chi connectivity index (χ3v) is 14.1. The van der Waals surface area contributed by atoms with Crippen molar-refractivity contribution >= 4 is 50.6 Å². The minimum absolute atomic E-state index is 0.116. The minimum atomic E-state index is -3.54. The van der Waals surface area contributed by atoms with E-state index in [4.69, 9.17) is 17.7 Å². The first-order valence-electron chi connectivity index (χ1n) is 18.6. The van der Waals surface area contributed by atoms with Crippen molar-refractivity contribution in [3.05, 3.63) is 194 Å². The van der Waals surface area contributed by atoms with Crippen LogP contribution in [-0.2, 0) is 0 Å². The molecule has 0 radical (unpaired) electrons. The van der Waals surface area contributed by atoms with Gasteiger partial charge < -0.3 is 0 Å². The summed E-state index contributed by atoms with van der Waals surface area (Å²) in [4.78, 5) is 15.4. The summed E-state index contributed by atoms with van der Waals surface area (Å²) in [5, 5.41) is 5.47. The van der Waals surface area contributed by atoms with Gasteiger partial charge in [-0.3, -0.25) is 4.57 Å². The van der Waals surface area contributed by atoms with Gasteiger partial charge in [-0.25, -0.2) is 4.98 Å². The molecule has 4 nitrogen and oxygen atoms in total. The molecule has 0 saturated heterocycles. The Morgan fingerprint density at radius 2 is 0.880 bits per heavy atom. The van der Waals surface area contributed by atoms with E-state index >= 15 is 0 Å². The van der Waals surface area contributed by atoms with Gasteiger partial charge in [0.25, 0.3) is 0 Å². The van der Waals surface area contributed by atoms with Crippen LogP contribution in [0.4, 0.5) is 0 Å². The molecule has 2 aromatic heterocycles. The topological polar surface area (TPSA) is 43.6 Å². The van der Waals surface area contributed by atoms with E-state index < -0.39 is 8.07 Å². The lowest BCUT2D eigenvalue weighted by Crippen LogP contribution is -2.75. The molecule has 0 spiro atoms. The Bertz CT molecular complexity index is 2660. The molecular weight excluding hydrogens is 625 g/mol. The Kier molecular flexibility index (Phi) is 6.41. The number of para-hydroxylation sites is 2. The van der Waals surface area contributed by atoms with E-state index in [2.05, 4.69) is 48.5 Å². The Morgan fingerprint density at radius 1 is 0.440 bits per heavy atom. The molecule has 2 heterocycles. The number of aromatic nitrogens is 4. The van der Waals surface area contributed by atoms with Crippen molar-refractivity contribution in [3.8, 4) is 28.7 Å². The molecule has 5 heteroatoms. The number of rotatable bonds is 7. The molecule has 50 heavy (non-hydrogen) atoms. The van der Waals surface area contributed by atoms with Crippen LogP contribution in [-0.4, -0.2) is 27.6 Å². The summed E-state index contributed by atoms with van der Waals surface area (Å²) in [6.45, 7) is 0. The van der Waals surface area contributed by atoms with Gasteiger partial charge in [0.15, 0.2) is 19.7 Å². The van der Waals surface area contributed by atoms with Crippen LogP contribution in [0.15, 0.2) is 194 Å². The average Bonchev–Trinajstić information content (AvgIpc) is 3.58. The van der Waals surface area contributed by atoms with Crippen LogP contribution in [0, 0.1) is 0 Å². The van der Waals surface area contributed by atoms with Gasteiger partial charge >= 0.3 is 0 Å². The lowest BCUT2D eigenvalue weighted by atomic mass is 10.2. The van der Waals surface area contributed by atoms with Gasteiger partial charge in [0.1, 0.15) is 0 Å². The molecule has 236 valence electrons. The highest BCUT2D eigenvalue weighted by molar-refractivity contribution is 7.20. The van der Waals surface area contributed by atoms with Gasteiger partial charge in [0.05, 0.1) is 16.5 Å². The predicted octanol–water partition coefficient (Wildman–Crippen LogP) is 7.68. The maximum atomic E-state index is 9.82. The lowest BCUT2D eigenvalue weighted by molar-refractivity contribution is 0.954. The summed E-state index contributed by atoms with van der Waals surface area (Å²) in [7, 11) is -3.54. The van der Waals surface area contributed by atoms with Crippen molar-refractivity contribution in [1.82, 2.24) is 19.5 Å². The van der Waals surface area contributed by atoms with Crippen molar-refractivity contribution < 1.29 is 5.48 Å². The summed E-state index contributed by atoms with van der Waals surface area (Å²) >= 11 is 0. The van der Waals surface area contributed by atoms with Crippen LogP contribution < -0.4 is 20.7 Å². The third kappa shape index (κ3) is 4.87. The Hall–Kier alpha value is -6.43. The second-order valence-electron chi connectivity index (χ2n) is 12.1. The monoisotopic (exact) mass is 660 g/mol. The number of benzene rings is 7. The molecule has 0 fully saturated rings. The molecule has 9 aromatic rings. The van der Waals surface area contributed by atoms with E-state index in [0.717, 1.165) is 42.9 Å². The fraction of sp³-hybridized carbons (Fsp3) is 0. The zero-order valence-electron chi connectivity index (χ0n) is 31.0. The van der Waals surface area contributed by atoms with E-state index in [0.29, 0.717) is 17.0 Å². The van der Waals surface area contributed by atoms with E-state index in [1.165, 1.54) is 0 Å². The quantitative estimate of drug-likeness (QED) is 0.130. The predicted molar refractivity (Wildman–Crippen MR) is 209 cm³/mol. The van der Waals surface area contributed by atoms with E-state index in [1.54, 1.807) is 0 Å². The Labute approximate surface area is 297 Å². The van der Waals surface area contributed by atoms with E-state index in [1.807, 2.05) is 126 Å². The second kappa shape index (κ2) is 12.5. The Balaban J connectivity index is 1.47. The van der Waals surface area contributed by atoms with E-state index in [-0.39, 0.29) is 35.6 Å². The number of nitrogens with zero attached hydrogens (tertiary/aromatic N) is 4. The van der Waals surface area contributed by atoms with Crippen molar-refractivity contribution in [2.45, 2.75) is 0 Å². The third-order valence-electron chi connectivity index (χ3n) is 9.34. The maximum Gasteiger partial charge on any atom is 0.238 e. The molecule has 0 unspecified atom stereocenters. The first kappa shape index (κ1) is 25.6. The summed E-state index contributed by atoms with van der Waals surface area (Å²) in [5.74, 6) is 0.908.